The fourth-order valence-electron chi connectivity index (χ4n) is 1.06. The van der Waals surface area contributed by atoms with Gasteiger partial charge in [-0.25, -0.2) is 4.99 Å². The quantitative estimate of drug-likeness (QED) is 0.496. The highest BCUT2D eigenvalue weighted by Crippen LogP contribution is 2.03. The van der Waals surface area contributed by atoms with Crippen molar-refractivity contribution >= 4 is 11.7 Å². The number of nitrogens with zero attached hydrogens (tertiary/aromatic N) is 1. The van der Waals surface area contributed by atoms with E-state index in [9.17, 15) is 4.79 Å². The van der Waals surface area contributed by atoms with Gasteiger partial charge in [-0.3, -0.25) is 4.79 Å². The predicted molar refractivity (Wildman–Crippen MR) is 54.0 cm³/mol. The first-order valence-corrected chi connectivity index (χ1v) is 4.70. The zero-order valence-electron chi connectivity index (χ0n) is 9.13. The molecular weight excluding hydrogens is 166 g/mol. The number of aliphatic imine (C=N–C) groups is 1. The maximum absolute atomic E-state index is 11.4. The number of rotatable bonds is 4. The topological polar surface area (TPSA) is 38.7 Å². The molecule has 0 radical (unpaired) electrons. The lowest BCUT2D eigenvalue weighted by Gasteiger charge is -2.09. The summed E-state index contributed by atoms with van der Waals surface area (Å²) in [6.07, 6.45) is 0. The molecule has 0 aromatic heterocycles. The van der Waals surface area contributed by atoms with Crippen molar-refractivity contribution in [1.82, 2.24) is 0 Å². The molecule has 0 amide bonds. The smallest absolute Gasteiger partial charge is 0.180 e. The molecule has 0 aliphatic carbocycles. The van der Waals surface area contributed by atoms with Gasteiger partial charge >= 0.3 is 0 Å². The van der Waals surface area contributed by atoms with Crippen LogP contribution in [0.15, 0.2) is 4.99 Å². The van der Waals surface area contributed by atoms with Crippen LogP contribution in [0.4, 0.5) is 0 Å². The van der Waals surface area contributed by atoms with E-state index in [1.54, 1.807) is 13.8 Å². The van der Waals surface area contributed by atoms with Crippen molar-refractivity contribution in [1.29, 1.82) is 0 Å². The third kappa shape index (κ3) is 4.65. The van der Waals surface area contributed by atoms with Crippen LogP contribution >= 0.6 is 0 Å². The van der Waals surface area contributed by atoms with Crippen LogP contribution in [0.5, 0.6) is 0 Å². The Labute approximate surface area is 80.2 Å². The number of carbonyl (C=O) groups is 1. The molecule has 0 aliphatic heterocycles. The normalized spacial score (nSPS) is 14.5. The van der Waals surface area contributed by atoms with Gasteiger partial charge < -0.3 is 4.74 Å². The number of Topliss-reactive ketones (excluding diaryl/α,β-unsaturated/α-hetero) is 1. The zero-order valence-corrected chi connectivity index (χ0v) is 9.13. The van der Waals surface area contributed by atoms with E-state index in [4.69, 9.17) is 4.74 Å². The Morgan fingerprint density at radius 1 is 1.38 bits per heavy atom. The molecule has 0 rings (SSSR count). The summed E-state index contributed by atoms with van der Waals surface area (Å²) in [5, 5.41) is 0. The minimum atomic E-state index is -0.286. The largest absolute Gasteiger partial charge is 0.481 e. The summed E-state index contributed by atoms with van der Waals surface area (Å²) in [5.41, 5.74) is 0. The van der Waals surface area contributed by atoms with E-state index in [0.29, 0.717) is 12.5 Å². The van der Waals surface area contributed by atoms with E-state index in [1.165, 1.54) is 0 Å². The molecule has 0 heterocycles. The van der Waals surface area contributed by atoms with Crippen molar-refractivity contribution in [3.8, 4) is 0 Å². The summed E-state index contributed by atoms with van der Waals surface area (Å²) in [4.78, 5) is 15.6. The van der Waals surface area contributed by atoms with Crippen molar-refractivity contribution in [2.24, 2.45) is 10.9 Å². The molecule has 13 heavy (non-hydrogen) atoms. The van der Waals surface area contributed by atoms with Crippen molar-refractivity contribution in [3.05, 3.63) is 0 Å². The number of ketones is 1. The van der Waals surface area contributed by atoms with Gasteiger partial charge in [-0.2, -0.15) is 0 Å². The number of hydrogen-bond donors (Lipinski definition) is 0. The van der Waals surface area contributed by atoms with E-state index in [2.05, 4.69) is 4.99 Å². The van der Waals surface area contributed by atoms with Crippen LogP contribution in [0, 0.1) is 5.92 Å². The first-order chi connectivity index (χ1) is 5.99. The summed E-state index contributed by atoms with van der Waals surface area (Å²) in [6.45, 7) is 9.82. The Kier molecular flexibility index (Phi) is 5.35. The number of ether oxygens (including phenoxy) is 1. The maximum Gasteiger partial charge on any atom is 0.180 e. The Morgan fingerprint density at radius 3 is 2.31 bits per heavy atom. The van der Waals surface area contributed by atoms with Gasteiger partial charge in [-0.1, -0.05) is 13.8 Å². The summed E-state index contributed by atoms with van der Waals surface area (Å²) in [7, 11) is 0. The van der Waals surface area contributed by atoms with Crippen molar-refractivity contribution < 1.29 is 9.53 Å². The molecular formula is C10H19NO2. The molecule has 0 saturated heterocycles. The molecule has 0 N–H and O–H groups in total. The van der Waals surface area contributed by atoms with Crippen molar-refractivity contribution in [3.63, 3.8) is 0 Å². The number of hydrogen-bond acceptors (Lipinski definition) is 3. The molecule has 76 valence electrons. The SMILES string of the molecule is CCOC(C)=NC(C)C(=O)C(C)C. The molecule has 0 saturated carbocycles. The van der Waals surface area contributed by atoms with Gasteiger partial charge in [0, 0.05) is 12.8 Å². The lowest BCUT2D eigenvalue weighted by molar-refractivity contribution is -0.122. The Bertz CT molecular complexity index is 197. The molecule has 1 atom stereocenters. The Hall–Kier alpha value is -0.860. The van der Waals surface area contributed by atoms with Crippen molar-refractivity contribution in [2.75, 3.05) is 6.61 Å². The lowest BCUT2D eigenvalue weighted by atomic mass is 10.0. The highest BCUT2D eigenvalue weighted by atomic mass is 16.5. The summed E-state index contributed by atoms with van der Waals surface area (Å²) in [5.74, 6) is 0.774. The fourth-order valence-corrected chi connectivity index (χ4v) is 1.06. The third-order valence-electron chi connectivity index (χ3n) is 1.71. The minimum absolute atomic E-state index is 0.0353. The predicted octanol–water partition coefficient (Wildman–Crippen LogP) is 2.05. The highest BCUT2D eigenvalue weighted by molar-refractivity contribution is 5.87. The van der Waals surface area contributed by atoms with E-state index in [1.807, 2.05) is 20.8 Å². The van der Waals surface area contributed by atoms with Crippen LogP contribution < -0.4 is 0 Å². The molecule has 0 bridgehead atoms. The number of carbonyl (C=O) groups excluding carboxylic acids is 1. The second-order valence-electron chi connectivity index (χ2n) is 3.31. The van der Waals surface area contributed by atoms with Gasteiger partial charge in [0.05, 0.1) is 6.61 Å². The lowest BCUT2D eigenvalue weighted by Crippen LogP contribution is -2.21. The van der Waals surface area contributed by atoms with Gasteiger partial charge in [-0.05, 0) is 13.8 Å². The monoisotopic (exact) mass is 185 g/mol. The third-order valence-corrected chi connectivity index (χ3v) is 1.71. The van der Waals surface area contributed by atoms with Crippen LogP contribution in [0.1, 0.15) is 34.6 Å². The van der Waals surface area contributed by atoms with Crippen LogP contribution in [0.2, 0.25) is 0 Å². The van der Waals surface area contributed by atoms with Crippen molar-refractivity contribution in [2.45, 2.75) is 40.7 Å². The molecule has 0 aromatic carbocycles. The molecule has 3 heteroatoms. The molecule has 0 fully saturated rings. The second-order valence-corrected chi connectivity index (χ2v) is 3.31. The molecule has 0 aromatic rings. The summed E-state index contributed by atoms with van der Waals surface area (Å²) >= 11 is 0. The van der Waals surface area contributed by atoms with Crippen LogP contribution in [0.3, 0.4) is 0 Å². The summed E-state index contributed by atoms with van der Waals surface area (Å²) < 4.78 is 5.14. The van der Waals surface area contributed by atoms with Crippen LogP contribution in [0.25, 0.3) is 0 Å². The average molecular weight is 185 g/mol. The maximum atomic E-state index is 11.4. The molecule has 0 aliphatic rings. The molecule has 0 spiro atoms. The molecule has 1 unspecified atom stereocenters. The van der Waals surface area contributed by atoms with E-state index in [0.717, 1.165) is 0 Å². The fraction of sp³-hybridized carbons (Fsp3) is 0.800. The van der Waals surface area contributed by atoms with E-state index in [-0.39, 0.29) is 17.7 Å². The van der Waals surface area contributed by atoms with Gasteiger partial charge in [0.15, 0.2) is 11.7 Å². The van der Waals surface area contributed by atoms with Gasteiger partial charge in [0.25, 0.3) is 0 Å². The van der Waals surface area contributed by atoms with Crippen LogP contribution in [-0.4, -0.2) is 24.3 Å². The van der Waals surface area contributed by atoms with Gasteiger partial charge in [0.1, 0.15) is 6.04 Å². The van der Waals surface area contributed by atoms with Crippen LogP contribution in [-0.2, 0) is 9.53 Å². The average Bonchev–Trinajstić information content (AvgIpc) is 2.03. The Morgan fingerprint density at radius 2 is 1.92 bits per heavy atom. The zero-order chi connectivity index (χ0) is 10.4. The standard InChI is InChI=1S/C10H19NO2/c1-6-13-9(5)11-8(4)10(12)7(2)3/h7-8H,6H2,1-5H3. The minimum Gasteiger partial charge on any atom is -0.481 e. The van der Waals surface area contributed by atoms with Gasteiger partial charge in [-0.15, -0.1) is 0 Å². The van der Waals surface area contributed by atoms with E-state index < -0.39 is 0 Å². The first kappa shape index (κ1) is 12.1. The second kappa shape index (κ2) is 5.73. The first-order valence-electron chi connectivity index (χ1n) is 4.70. The molecule has 3 nitrogen and oxygen atoms in total. The highest BCUT2D eigenvalue weighted by Gasteiger charge is 2.15. The summed E-state index contributed by atoms with van der Waals surface area (Å²) in [6, 6.07) is -0.286. The Balaban J connectivity index is 4.19. The van der Waals surface area contributed by atoms with E-state index >= 15 is 0 Å². The van der Waals surface area contributed by atoms with Gasteiger partial charge in [0.2, 0.25) is 0 Å².